The summed E-state index contributed by atoms with van der Waals surface area (Å²) in [6.07, 6.45) is 2.89. The van der Waals surface area contributed by atoms with Gasteiger partial charge in [-0.25, -0.2) is 13.2 Å². The predicted octanol–water partition coefficient (Wildman–Crippen LogP) is 2.69. The van der Waals surface area contributed by atoms with Gasteiger partial charge in [-0.1, -0.05) is 5.16 Å². The summed E-state index contributed by atoms with van der Waals surface area (Å²) in [5.41, 5.74) is 0.0498. The Hall–Kier alpha value is -1.89. The molecular formula is C14H14F3N3O. The van der Waals surface area contributed by atoms with Gasteiger partial charge in [0.05, 0.1) is 0 Å². The average Bonchev–Trinajstić information content (AvgIpc) is 3.20. The zero-order valence-corrected chi connectivity index (χ0v) is 11.4. The fraction of sp³-hybridized carbons (Fsp3) is 0.429. The molecule has 1 N–H and O–H groups in total. The van der Waals surface area contributed by atoms with Crippen molar-refractivity contribution in [1.82, 2.24) is 15.5 Å². The fourth-order valence-electron chi connectivity index (χ4n) is 2.33. The van der Waals surface area contributed by atoms with Gasteiger partial charge >= 0.3 is 0 Å². The predicted molar refractivity (Wildman–Crippen MR) is 68.9 cm³/mol. The van der Waals surface area contributed by atoms with Gasteiger partial charge < -0.3 is 9.84 Å². The molecule has 21 heavy (non-hydrogen) atoms. The Labute approximate surface area is 119 Å². The van der Waals surface area contributed by atoms with Gasteiger partial charge in [0.1, 0.15) is 0 Å². The van der Waals surface area contributed by atoms with Gasteiger partial charge in [-0.3, -0.25) is 0 Å². The molecule has 1 aromatic carbocycles. The highest BCUT2D eigenvalue weighted by Gasteiger charge is 2.31. The van der Waals surface area contributed by atoms with E-state index < -0.39 is 17.5 Å². The summed E-state index contributed by atoms with van der Waals surface area (Å²) in [4.78, 5) is 4.12. The van der Waals surface area contributed by atoms with Crippen molar-refractivity contribution in [2.24, 2.45) is 5.92 Å². The van der Waals surface area contributed by atoms with Crippen LogP contribution in [0.25, 0.3) is 11.4 Å². The highest BCUT2D eigenvalue weighted by molar-refractivity contribution is 5.54. The van der Waals surface area contributed by atoms with Crippen LogP contribution in [0.4, 0.5) is 13.2 Å². The summed E-state index contributed by atoms with van der Waals surface area (Å²) in [6.45, 7) is 0. The first-order valence-electron chi connectivity index (χ1n) is 6.73. The number of benzene rings is 1. The van der Waals surface area contributed by atoms with Crippen molar-refractivity contribution in [3.63, 3.8) is 0 Å². The van der Waals surface area contributed by atoms with E-state index in [-0.39, 0.29) is 17.4 Å². The van der Waals surface area contributed by atoms with Gasteiger partial charge in [-0.15, -0.1) is 0 Å². The molecule has 1 unspecified atom stereocenters. The summed E-state index contributed by atoms with van der Waals surface area (Å²) in [5, 5.41) is 6.89. The Balaban J connectivity index is 1.81. The molecule has 1 fully saturated rings. The molecule has 1 aromatic heterocycles. The molecule has 0 aliphatic heterocycles. The minimum Gasteiger partial charge on any atom is -0.339 e. The number of halogens is 3. The van der Waals surface area contributed by atoms with Gasteiger partial charge in [-0.2, -0.15) is 4.98 Å². The molecule has 1 atom stereocenters. The number of aromatic nitrogens is 2. The lowest BCUT2D eigenvalue weighted by Crippen LogP contribution is -2.29. The zero-order chi connectivity index (χ0) is 15.0. The Kier molecular flexibility index (Phi) is 3.67. The maximum absolute atomic E-state index is 13.2. The van der Waals surface area contributed by atoms with E-state index in [9.17, 15) is 13.2 Å². The third-order valence-electron chi connectivity index (χ3n) is 3.67. The normalized spacial score (nSPS) is 16.2. The molecule has 0 saturated heterocycles. The summed E-state index contributed by atoms with van der Waals surface area (Å²) in [6, 6.07) is 1.95. The lowest BCUT2D eigenvalue weighted by atomic mass is 10.1. The van der Waals surface area contributed by atoms with Crippen molar-refractivity contribution in [3.05, 3.63) is 35.5 Å². The third kappa shape index (κ3) is 2.92. The molecule has 2 aromatic rings. The molecule has 0 bridgehead atoms. The molecule has 7 heteroatoms. The highest BCUT2D eigenvalue weighted by atomic mass is 19.2. The topological polar surface area (TPSA) is 51.0 Å². The van der Waals surface area contributed by atoms with Gasteiger partial charge in [0.25, 0.3) is 0 Å². The van der Waals surface area contributed by atoms with Crippen LogP contribution in [-0.4, -0.2) is 23.2 Å². The first-order valence-corrected chi connectivity index (χ1v) is 6.73. The fourth-order valence-corrected chi connectivity index (χ4v) is 2.33. The molecule has 1 aliphatic rings. The summed E-state index contributed by atoms with van der Waals surface area (Å²) in [5.74, 6) is -3.02. The summed E-state index contributed by atoms with van der Waals surface area (Å²) >= 11 is 0. The molecule has 0 amide bonds. The summed E-state index contributed by atoms with van der Waals surface area (Å²) < 4.78 is 44.4. The van der Waals surface area contributed by atoms with E-state index in [2.05, 4.69) is 15.5 Å². The van der Waals surface area contributed by atoms with Crippen LogP contribution in [0.2, 0.25) is 0 Å². The van der Waals surface area contributed by atoms with Crippen LogP contribution in [0, 0.1) is 23.4 Å². The lowest BCUT2D eigenvalue weighted by molar-refractivity contribution is 0.352. The first kappa shape index (κ1) is 14.1. The average molecular weight is 297 g/mol. The van der Waals surface area contributed by atoms with E-state index in [0.717, 1.165) is 12.1 Å². The number of likely N-dealkylation sites (N-methyl/N-ethyl adjacent to an activating group) is 1. The van der Waals surface area contributed by atoms with Crippen molar-refractivity contribution >= 4 is 0 Å². The Bertz CT molecular complexity index is 632. The van der Waals surface area contributed by atoms with Crippen molar-refractivity contribution in [2.75, 3.05) is 7.05 Å². The SMILES string of the molecule is CNC(Cc1nc(-c2cc(F)c(F)c(F)c2)no1)C1CC1. The minimum absolute atomic E-state index is 0.0495. The monoisotopic (exact) mass is 297 g/mol. The molecule has 0 radical (unpaired) electrons. The van der Waals surface area contributed by atoms with Gasteiger partial charge in [0.2, 0.25) is 11.7 Å². The molecule has 1 saturated carbocycles. The number of nitrogens with one attached hydrogen (secondary N) is 1. The van der Waals surface area contributed by atoms with Crippen molar-refractivity contribution in [1.29, 1.82) is 0 Å². The van der Waals surface area contributed by atoms with E-state index in [1.165, 1.54) is 12.8 Å². The van der Waals surface area contributed by atoms with E-state index in [1.807, 2.05) is 7.05 Å². The van der Waals surface area contributed by atoms with E-state index >= 15 is 0 Å². The van der Waals surface area contributed by atoms with Crippen molar-refractivity contribution in [3.8, 4) is 11.4 Å². The number of hydrogen-bond donors (Lipinski definition) is 1. The second kappa shape index (κ2) is 5.48. The molecule has 112 valence electrons. The largest absolute Gasteiger partial charge is 0.339 e. The van der Waals surface area contributed by atoms with Crippen LogP contribution < -0.4 is 5.32 Å². The third-order valence-corrected chi connectivity index (χ3v) is 3.67. The maximum Gasteiger partial charge on any atom is 0.228 e. The van der Waals surface area contributed by atoms with Crippen molar-refractivity contribution in [2.45, 2.75) is 25.3 Å². The maximum atomic E-state index is 13.2. The molecule has 3 rings (SSSR count). The lowest BCUT2D eigenvalue weighted by Gasteiger charge is -2.11. The molecule has 1 aliphatic carbocycles. The number of nitrogens with zero attached hydrogens (tertiary/aromatic N) is 2. The van der Waals surface area contributed by atoms with Crippen molar-refractivity contribution < 1.29 is 17.7 Å². The molecule has 0 spiro atoms. The standard InChI is InChI=1S/C14H14F3N3O/c1-18-11(7-2-3-7)6-12-19-14(20-21-12)8-4-9(15)13(17)10(16)5-8/h4-5,7,11,18H,2-3,6H2,1H3. The zero-order valence-electron chi connectivity index (χ0n) is 11.4. The van der Waals surface area contributed by atoms with Gasteiger partial charge in [0, 0.05) is 18.0 Å². The van der Waals surface area contributed by atoms with E-state index in [1.54, 1.807) is 0 Å². The molecular weight excluding hydrogens is 283 g/mol. The van der Waals surface area contributed by atoms with Crippen LogP contribution >= 0.6 is 0 Å². The van der Waals surface area contributed by atoms with Crippen LogP contribution in [0.15, 0.2) is 16.7 Å². The Morgan fingerprint density at radius 1 is 1.29 bits per heavy atom. The van der Waals surface area contributed by atoms with E-state index in [4.69, 9.17) is 4.52 Å². The van der Waals surface area contributed by atoms with Gasteiger partial charge in [0.15, 0.2) is 17.5 Å². The second-order valence-electron chi connectivity index (χ2n) is 5.20. The van der Waals surface area contributed by atoms with Crippen LogP contribution in [0.3, 0.4) is 0 Å². The number of rotatable bonds is 5. The highest BCUT2D eigenvalue weighted by Crippen LogP contribution is 2.34. The summed E-state index contributed by atoms with van der Waals surface area (Å²) in [7, 11) is 1.87. The van der Waals surface area contributed by atoms with Crippen LogP contribution in [-0.2, 0) is 6.42 Å². The minimum atomic E-state index is -1.51. The Morgan fingerprint density at radius 2 is 1.95 bits per heavy atom. The van der Waals surface area contributed by atoms with Crippen LogP contribution in [0.1, 0.15) is 18.7 Å². The van der Waals surface area contributed by atoms with Gasteiger partial charge in [-0.05, 0) is 37.9 Å². The number of hydrogen-bond acceptors (Lipinski definition) is 4. The molecule has 4 nitrogen and oxygen atoms in total. The quantitative estimate of drug-likeness (QED) is 0.862. The second-order valence-corrected chi connectivity index (χ2v) is 5.20. The first-order chi connectivity index (χ1) is 10.1. The van der Waals surface area contributed by atoms with E-state index in [0.29, 0.717) is 18.2 Å². The Morgan fingerprint density at radius 3 is 2.52 bits per heavy atom. The smallest absolute Gasteiger partial charge is 0.228 e. The van der Waals surface area contributed by atoms with Crippen LogP contribution in [0.5, 0.6) is 0 Å². The molecule has 1 heterocycles.